The number of carbonyl (C=O) groups excluding carboxylic acids is 2. The second-order valence-electron chi connectivity index (χ2n) is 6.43. The van der Waals surface area contributed by atoms with Crippen LogP contribution in [-0.4, -0.2) is 39.8 Å². The molecule has 3 rings (SSSR count). The molecule has 1 unspecified atom stereocenters. The molecule has 0 radical (unpaired) electrons. The number of hydrogen-bond acceptors (Lipinski definition) is 4. The van der Waals surface area contributed by atoms with Crippen LogP contribution in [-0.2, 0) is 6.54 Å². The molecule has 1 fully saturated rings. The van der Waals surface area contributed by atoms with E-state index in [4.69, 9.17) is 0 Å². The monoisotopic (exact) mass is 338 g/mol. The van der Waals surface area contributed by atoms with Crippen LogP contribution in [0.3, 0.4) is 0 Å². The topological polar surface area (TPSA) is 75.2 Å². The van der Waals surface area contributed by atoms with E-state index in [1.807, 2.05) is 23.1 Å². The Bertz CT molecular complexity index is 748. The number of aromatic nitrogens is 2. The van der Waals surface area contributed by atoms with Crippen molar-refractivity contribution in [1.29, 1.82) is 0 Å². The molecule has 25 heavy (non-hydrogen) atoms. The molecule has 6 nitrogen and oxygen atoms in total. The first kappa shape index (κ1) is 17.1. The van der Waals surface area contributed by atoms with Gasteiger partial charge in [0.2, 0.25) is 0 Å². The Hall–Kier alpha value is -2.76. The molecule has 1 saturated heterocycles. The summed E-state index contributed by atoms with van der Waals surface area (Å²) in [4.78, 5) is 35.1. The van der Waals surface area contributed by atoms with Gasteiger partial charge in [-0.05, 0) is 43.0 Å². The molecule has 1 atom stereocenters. The highest BCUT2D eigenvalue weighted by atomic mass is 16.2. The Morgan fingerprint density at radius 3 is 2.88 bits per heavy atom. The minimum Gasteiger partial charge on any atom is -0.345 e. The van der Waals surface area contributed by atoms with Crippen LogP contribution >= 0.6 is 0 Å². The molecule has 2 amide bonds. The van der Waals surface area contributed by atoms with Gasteiger partial charge in [-0.15, -0.1) is 0 Å². The molecular formula is C19H22N4O2. The minimum atomic E-state index is -0.313. The summed E-state index contributed by atoms with van der Waals surface area (Å²) >= 11 is 0. The molecule has 2 aromatic rings. The molecule has 1 N–H and O–H groups in total. The first-order chi connectivity index (χ1) is 12.1. The summed E-state index contributed by atoms with van der Waals surface area (Å²) in [5.41, 5.74) is 1.52. The van der Waals surface area contributed by atoms with Crippen molar-refractivity contribution in [2.24, 2.45) is 5.92 Å². The summed E-state index contributed by atoms with van der Waals surface area (Å²) in [5, 5.41) is 2.78. The van der Waals surface area contributed by atoms with E-state index in [-0.39, 0.29) is 17.5 Å². The van der Waals surface area contributed by atoms with Crippen molar-refractivity contribution >= 4 is 11.8 Å². The van der Waals surface area contributed by atoms with Gasteiger partial charge in [0.15, 0.2) is 0 Å². The first-order valence-electron chi connectivity index (χ1n) is 8.57. The second kappa shape index (κ2) is 7.88. The zero-order valence-corrected chi connectivity index (χ0v) is 14.3. The average Bonchev–Trinajstić information content (AvgIpc) is 2.66. The van der Waals surface area contributed by atoms with Crippen molar-refractivity contribution < 1.29 is 9.59 Å². The normalized spacial score (nSPS) is 17.2. The molecule has 6 heteroatoms. The second-order valence-corrected chi connectivity index (χ2v) is 6.43. The Morgan fingerprint density at radius 1 is 1.24 bits per heavy atom. The third kappa shape index (κ3) is 4.41. The third-order valence-corrected chi connectivity index (χ3v) is 4.34. The number of likely N-dealkylation sites (tertiary alicyclic amines) is 1. The fraction of sp³-hybridized carbons (Fsp3) is 0.368. The zero-order valence-electron chi connectivity index (χ0n) is 14.3. The molecule has 0 saturated carbocycles. The van der Waals surface area contributed by atoms with Gasteiger partial charge in [0, 0.05) is 31.0 Å². The van der Waals surface area contributed by atoms with E-state index in [2.05, 4.69) is 22.2 Å². The van der Waals surface area contributed by atoms with Crippen LogP contribution in [0.25, 0.3) is 0 Å². The molecule has 0 aliphatic carbocycles. The minimum absolute atomic E-state index is 0.0345. The SMILES string of the molecule is CC1CCCN(C(=O)c2ccnc(C(=O)NCc3ccccn3)c2)C1. The molecule has 130 valence electrons. The van der Waals surface area contributed by atoms with Crippen LogP contribution in [0.2, 0.25) is 0 Å². The van der Waals surface area contributed by atoms with Gasteiger partial charge in [-0.3, -0.25) is 19.6 Å². The number of nitrogens with one attached hydrogen (secondary N) is 1. The number of hydrogen-bond donors (Lipinski definition) is 1. The molecule has 1 aliphatic heterocycles. The lowest BCUT2D eigenvalue weighted by Crippen LogP contribution is -2.39. The van der Waals surface area contributed by atoms with Gasteiger partial charge in [0.1, 0.15) is 5.69 Å². The van der Waals surface area contributed by atoms with Crippen molar-refractivity contribution in [2.75, 3.05) is 13.1 Å². The summed E-state index contributed by atoms with van der Waals surface area (Å²) in [6.45, 7) is 4.01. The summed E-state index contributed by atoms with van der Waals surface area (Å²) < 4.78 is 0. The molecule has 0 bridgehead atoms. The quantitative estimate of drug-likeness (QED) is 0.928. The number of rotatable bonds is 4. The number of piperidine rings is 1. The zero-order chi connectivity index (χ0) is 17.6. The van der Waals surface area contributed by atoms with Gasteiger partial charge < -0.3 is 10.2 Å². The Kier molecular flexibility index (Phi) is 5.38. The van der Waals surface area contributed by atoms with Crippen LogP contribution in [0.15, 0.2) is 42.7 Å². The van der Waals surface area contributed by atoms with Crippen molar-refractivity contribution in [1.82, 2.24) is 20.2 Å². The smallest absolute Gasteiger partial charge is 0.270 e. The van der Waals surface area contributed by atoms with Crippen LogP contribution in [0.5, 0.6) is 0 Å². The van der Waals surface area contributed by atoms with Gasteiger partial charge in [0.25, 0.3) is 11.8 Å². The van der Waals surface area contributed by atoms with Crippen LogP contribution in [0.1, 0.15) is 46.3 Å². The number of carbonyl (C=O) groups is 2. The van der Waals surface area contributed by atoms with Gasteiger partial charge in [0.05, 0.1) is 12.2 Å². The van der Waals surface area contributed by atoms with E-state index in [1.54, 1.807) is 18.3 Å². The fourth-order valence-electron chi connectivity index (χ4n) is 3.01. The lowest BCUT2D eigenvalue weighted by molar-refractivity contribution is 0.0683. The highest BCUT2D eigenvalue weighted by Crippen LogP contribution is 2.18. The van der Waals surface area contributed by atoms with Crippen molar-refractivity contribution in [3.8, 4) is 0 Å². The van der Waals surface area contributed by atoms with Crippen LogP contribution in [0.4, 0.5) is 0 Å². The summed E-state index contributed by atoms with van der Waals surface area (Å²) in [7, 11) is 0. The van der Waals surface area contributed by atoms with Gasteiger partial charge in [-0.2, -0.15) is 0 Å². The van der Waals surface area contributed by atoms with Gasteiger partial charge >= 0.3 is 0 Å². The largest absolute Gasteiger partial charge is 0.345 e. The molecular weight excluding hydrogens is 316 g/mol. The van der Waals surface area contributed by atoms with Crippen molar-refractivity contribution in [3.63, 3.8) is 0 Å². The highest BCUT2D eigenvalue weighted by molar-refractivity contribution is 5.98. The molecule has 1 aliphatic rings. The third-order valence-electron chi connectivity index (χ3n) is 4.34. The molecule has 2 aromatic heterocycles. The maximum atomic E-state index is 12.7. The highest BCUT2D eigenvalue weighted by Gasteiger charge is 2.22. The van der Waals surface area contributed by atoms with Gasteiger partial charge in [-0.1, -0.05) is 13.0 Å². The van der Waals surface area contributed by atoms with Crippen molar-refractivity contribution in [3.05, 3.63) is 59.7 Å². The lowest BCUT2D eigenvalue weighted by atomic mass is 9.99. The van der Waals surface area contributed by atoms with E-state index >= 15 is 0 Å². The predicted octanol–water partition coefficient (Wildman–Crippen LogP) is 2.28. The molecule has 0 spiro atoms. The summed E-state index contributed by atoms with van der Waals surface area (Å²) in [6, 6.07) is 8.76. The van der Waals surface area contributed by atoms with Crippen LogP contribution < -0.4 is 5.32 Å². The summed E-state index contributed by atoms with van der Waals surface area (Å²) in [6.07, 6.45) is 5.37. The lowest BCUT2D eigenvalue weighted by Gasteiger charge is -2.31. The van der Waals surface area contributed by atoms with Crippen LogP contribution in [0, 0.1) is 5.92 Å². The Balaban J connectivity index is 1.66. The number of amides is 2. The Labute approximate surface area is 147 Å². The molecule has 0 aromatic carbocycles. The Morgan fingerprint density at radius 2 is 2.12 bits per heavy atom. The molecule has 3 heterocycles. The van der Waals surface area contributed by atoms with E-state index < -0.39 is 0 Å². The number of nitrogens with zero attached hydrogens (tertiary/aromatic N) is 3. The van der Waals surface area contributed by atoms with E-state index in [9.17, 15) is 9.59 Å². The van der Waals surface area contributed by atoms with Gasteiger partial charge in [-0.25, -0.2) is 0 Å². The van der Waals surface area contributed by atoms with Crippen molar-refractivity contribution in [2.45, 2.75) is 26.3 Å². The maximum Gasteiger partial charge on any atom is 0.270 e. The van der Waals surface area contributed by atoms with E-state index in [0.29, 0.717) is 18.0 Å². The van der Waals surface area contributed by atoms with E-state index in [0.717, 1.165) is 31.6 Å². The maximum absolute atomic E-state index is 12.7. The standard InChI is InChI=1S/C19H22N4O2/c1-14-5-4-10-23(13-14)19(25)15-7-9-21-17(11-15)18(24)22-12-16-6-2-3-8-20-16/h2-3,6-9,11,14H,4-5,10,12-13H2,1H3,(H,22,24). The van der Waals surface area contributed by atoms with E-state index in [1.165, 1.54) is 6.20 Å². The number of pyridine rings is 2. The summed E-state index contributed by atoms with van der Waals surface area (Å²) in [5.74, 6) is 0.167. The first-order valence-corrected chi connectivity index (χ1v) is 8.57. The fourth-order valence-corrected chi connectivity index (χ4v) is 3.01. The predicted molar refractivity (Wildman–Crippen MR) is 93.9 cm³/mol. The average molecular weight is 338 g/mol.